The number of hydrogen-bond donors (Lipinski definition) is 1. The molecule has 27 heavy (non-hydrogen) atoms. The van der Waals surface area contributed by atoms with Crippen LogP contribution in [0.15, 0.2) is 6.07 Å². The van der Waals surface area contributed by atoms with E-state index in [1.54, 1.807) is 0 Å². The Bertz CT molecular complexity index is 661. The minimum absolute atomic E-state index is 0.127. The Kier molecular flexibility index (Phi) is 6.19. The number of nitrogens with zero attached hydrogens (tertiary/aromatic N) is 4. The molecule has 1 atom stereocenters. The van der Waals surface area contributed by atoms with Crippen molar-refractivity contribution in [1.82, 2.24) is 24.9 Å². The largest absolute Gasteiger partial charge is 0.342 e. The summed E-state index contributed by atoms with van der Waals surface area (Å²) in [7, 11) is 4.08. The van der Waals surface area contributed by atoms with Crippen molar-refractivity contribution in [3.05, 3.63) is 17.5 Å². The second-order valence-corrected chi connectivity index (χ2v) is 8.75. The third-order valence-corrected chi connectivity index (χ3v) is 5.51. The quantitative estimate of drug-likeness (QED) is 0.821. The lowest BCUT2D eigenvalue weighted by molar-refractivity contribution is -0.136. The zero-order valence-electron chi connectivity index (χ0n) is 17.1. The minimum Gasteiger partial charge on any atom is -0.342 e. The van der Waals surface area contributed by atoms with Crippen molar-refractivity contribution in [1.29, 1.82) is 0 Å². The predicted octanol–water partition coefficient (Wildman–Crippen LogP) is 1.68. The number of rotatable bonds is 6. The van der Waals surface area contributed by atoms with Gasteiger partial charge in [-0.25, -0.2) is 0 Å². The van der Waals surface area contributed by atoms with Gasteiger partial charge < -0.3 is 14.7 Å². The van der Waals surface area contributed by atoms with Crippen LogP contribution >= 0.6 is 0 Å². The van der Waals surface area contributed by atoms with Gasteiger partial charge >= 0.3 is 0 Å². The van der Waals surface area contributed by atoms with Gasteiger partial charge in [-0.2, -0.15) is 5.10 Å². The van der Waals surface area contributed by atoms with Gasteiger partial charge in [-0.15, -0.1) is 0 Å². The van der Waals surface area contributed by atoms with Crippen LogP contribution in [0, 0.1) is 11.8 Å². The summed E-state index contributed by atoms with van der Waals surface area (Å²) in [6, 6.07) is 2.15. The number of piperidine rings is 1. The van der Waals surface area contributed by atoms with E-state index in [9.17, 15) is 9.59 Å². The molecule has 2 aliphatic heterocycles. The zero-order valence-corrected chi connectivity index (χ0v) is 17.1. The van der Waals surface area contributed by atoms with Gasteiger partial charge in [0.15, 0.2) is 0 Å². The molecule has 0 aliphatic carbocycles. The lowest BCUT2D eigenvalue weighted by atomic mass is 9.92. The summed E-state index contributed by atoms with van der Waals surface area (Å²) in [6.07, 6.45) is 2.25. The number of carbonyl (C=O) groups excluding carboxylic acids is 2. The molecule has 3 rings (SSSR count). The standard InChI is InChI=1S/C20H33N5O2/c1-14(2)11-25-12-16(9-19(25)26)20(27)24-7-5-15(6-8-24)18-10-17(21-22-18)13-23(3)4/h10,14-16H,5-9,11-13H2,1-4H3,(H,21,22)/t16-/m0/s1. The van der Waals surface area contributed by atoms with Gasteiger partial charge in [0.25, 0.3) is 0 Å². The topological polar surface area (TPSA) is 72.5 Å². The Morgan fingerprint density at radius 2 is 2.04 bits per heavy atom. The second kappa shape index (κ2) is 8.42. The highest BCUT2D eigenvalue weighted by molar-refractivity contribution is 5.89. The summed E-state index contributed by atoms with van der Waals surface area (Å²) in [5.41, 5.74) is 2.24. The van der Waals surface area contributed by atoms with Crippen molar-refractivity contribution >= 4 is 11.8 Å². The fourth-order valence-corrected chi connectivity index (χ4v) is 4.22. The maximum Gasteiger partial charge on any atom is 0.227 e. The van der Waals surface area contributed by atoms with Crippen molar-refractivity contribution in [2.24, 2.45) is 11.8 Å². The molecule has 0 unspecified atom stereocenters. The maximum atomic E-state index is 12.9. The van der Waals surface area contributed by atoms with Crippen molar-refractivity contribution < 1.29 is 9.59 Å². The first-order valence-corrected chi connectivity index (χ1v) is 10.1. The SMILES string of the molecule is CC(C)CN1C[C@@H](C(=O)N2CCC(c3cc(CN(C)C)[nH]n3)CC2)CC1=O. The van der Waals surface area contributed by atoms with Crippen molar-refractivity contribution in [3.63, 3.8) is 0 Å². The molecule has 2 fully saturated rings. The molecule has 0 aromatic carbocycles. The number of hydrogen-bond acceptors (Lipinski definition) is 4. The first-order valence-electron chi connectivity index (χ1n) is 10.1. The van der Waals surface area contributed by atoms with Gasteiger partial charge in [-0.1, -0.05) is 13.8 Å². The number of nitrogens with one attached hydrogen (secondary N) is 1. The van der Waals surface area contributed by atoms with Crippen LogP contribution in [0.3, 0.4) is 0 Å². The summed E-state index contributed by atoms with van der Waals surface area (Å²) < 4.78 is 0. The average molecular weight is 376 g/mol. The summed E-state index contributed by atoms with van der Waals surface area (Å²) in [5.74, 6) is 0.962. The van der Waals surface area contributed by atoms with Crippen LogP contribution < -0.4 is 0 Å². The molecule has 7 heteroatoms. The van der Waals surface area contributed by atoms with Crippen LogP contribution in [0.1, 0.15) is 50.4 Å². The van der Waals surface area contributed by atoms with Crippen molar-refractivity contribution in [3.8, 4) is 0 Å². The zero-order chi connectivity index (χ0) is 19.6. The van der Waals surface area contributed by atoms with E-state index in [1.807, 2.05) is 23.9 Å². The molecule has 150 valence electrons. The average Bonchev–Trinajstić information content (AvgIpc) is 3.21. The molecular formula is C20H33N5O2. The van der Waals surface area contributed by atoms with Crippen LogP contribution in [0.2, 0.25) is 0 Å². The lowest BCUT2D eigenvalue weighted by Crippen LogP contribution is -2.42. The normalized spacial score (nSPS) is 21.7. The molecule has 1 aromatic heterocycles. The van der Waals surface area contributed by atoms with E-state index < -0.39 is 0 Å². The van der Waals surface area contributed by atoms with Crippen LogP contribution in [-0.2, 0) is 16.1 Å². The summed E-state index contributed by atoms with van der Waals surface area (Å²) in [4.78, 5) is 31.0. The number of carbonyl (C=O) groups is 2. The minimum atomic E-state index is -0.162. The Balaban J connectivity index is 1.51. The van der Waals surface area contributed by atoms with Gasteiger partial charge in [-0.05, 0) is 38.9 Å². The fraction of sp³-hybridized carbons (Fsp3) is 0.750. The van der Waals surface area contributed by atoms with Crippen LogP contribution in [-0.4, -0.2) is 77.0 Å². The van der Waals surface area contributed by atoms with E-state index in [0.717, 1.165) is 50.4 Å². The van der Waals surface area contributed by atoms with Gasteiger partial charge in [0.2, 0.25) is 11.8 Å². The smallest absolute Gasteiger partial charge is 0.227 e. The fourth-order valence-electron chi connectivity index (χ4n) is 4.22. The maximum absolute atomic E-state index is 12.9. The van der Waals surface area contributed by atoms with Gasteiger partial charge in [-0.3, -0.25) is 14.7 Å². The Morgan fingerprint density at radius 1 is 1.33 bits per heavy atom. The third kappa shape index (κ3) is 4.89. The molecule has 3 heterocycles. The van der Waals surface area contributed by atoms with E-state index in [1.165, 1.54) is 0 Å². The molecule has 0 spiro atoms. The monoisotopic (exact) mass is 375 g/mol. The van der Waals surface area contributed by atoms with Gasteiger partial charge in [0, 0.05) is 50.8 Å². The van der Waals surface area contributed by atoms with Crippen molar-refractivity contribution in [2.75, 3.05) is 40.3 Å². The van der Waals surface area contributed by atoms with Crippen LogP contribution in [0.5, 0.6) is 0 Å². The highest BCUT2D eigenvalue weighted by atomic mass is 16.2. The molecule has 1 N–H and O–H groups in total. The molecule has 7 nitrogen and oxygen atoms in total. The molecule has 2 saturated heterocycles. The van der Waals surface area contributed by atoms with E-state index in [2.05, 4.69) is 35.0 Å². The third-order valence-electron chi connectivity index (χ3n) is 5.51. The highest BCUT2D eigenvalue weighted by Gasteiger charge is 2.37. The summed E-state index contributed by atoms with van der Waals surface area (Å²) >= 11 is 0. The molecule has 0 bridgehead atoms. The molecule has 0 saturated carbocycles. The Labute approximate surface area is 162 Å². The van der Waals surface area contributed by atoms with E-state index >= 15 is 0 Å². The Hall–Kier alpha value is -1.89. The number of aromatic amines is 1. The number of aromatic nitrogens is 2. The molecular weight excluding hydrogens is 342 g/mol. The van der Waals surface area contributed by atoms with Gasteiger partial charge in [0.1, 0.15) is 0 Å². The van der Waals surface area contributed by atoms with E-state index in [-0.39, 0.29) is 17.7 Å². The molecule has 2 amide bonds. The first-order chi connectivity index (χ1) is 12.8. The Morgan fingerprint density at radius 3 is 2.67 bits per heavy atom. The molecule has 0 radical (unpaired) electrons. The molecule has 1 aromatic rings. The first kappa shape index (κ1) is 19.9. The summed E-state index contributed by atoms with van der Waals surface area (Å²) in [6.45, 7) is 7.91. The van der Waals surface area contributed by atoms with E-state index in [0.29, 0.717) is 24.8 Å². The number of likely N-dealkylation sites (tertiary alicyclic amines) is 2. The van der Waals surface area contributed by atoms with E-state index in [4.69, 9.17) is 0 Å². The summed E-state index contributed by atoms with van der Waals surface area (Å²) in [5, 5.41) is 7.60. The number of amides is 2. The van der Waals surface area contributed by atoms with Crippen LogP contribution in [0.4, 0.5) is 0 Å². The lowest BCUT2D eigenvalue weighted by Gasteiger charge is -2.33. The van der Waals surface area contributed by atoms with Crippen LogP contribution in [0.25, 0.3) is 0 Å². The molecule has 2 aliphatic rings. The second-order valence-electron chi connectivity index (χ2n) is 8.75. The van der Waals surface area contributed by atoms with Gasteiger partial charge in [0.05, 0.1) is 11.6 Å². The number of H-pyrrole nitrogens is 1. The highest BCUT2D eigenvalue weighted by Crippen LogP contribution is 2.29. The predicted molar refractivity (Wildman–Crippen MR) is 104 cm³/mol. The van der Waals surface area contributed by atoms with Crippen molar-refractivity contribution in [2.45, 2.75) is 45.6 Å².